The van der Waals surface area contributed by atoms with Gasteiger partial charge in [-0.1, -0.05) is 6.07 Å². The van der Waals surface area contributed by atoms with E-state index in [0.29, 0.717) is 5.56 Å². The summed E-state index contributed by atoms with van der Waals surface area (Å²) in [6.45, 7) is 1.82. The van der Waals surface area contributed by atoms with Crippen LogP contribution in [0, 0.1) is 0 Å². The van der Waals surface area contributed by atoms with Crippen LogP contribution in [0.5, 0.6) is 5.75 Å². The molecular formula is C13H16O6. The minimum Gasteiger partial charge on any atom is -0.496 e. The lowest BCUT2D eigenvalue weighted by atomic mass is 10.0. The lowest BCUT2D eigenvalue weighted by Crippen LogP contribution is -2.25. The van der Waals surface area contributed by atoms with Gasteiger partial charge in [-0.2, -0.15) is 0 Å². The van der Waals surface area contributed by atoms with Crippen LogP contribution in [0.1, 0.15) is 22.8 Å². The first-order valence-corrected chi connectivity index (χ1v) is 5.74. The van der Waals surface area contributed by atoms with Crippen molar-refractivity contribution in [1.29, 1.82) is 0 Å². The topological polar surface area (TPSA) is 93.1 Å². The van der Waals surface area contributed by atoms with Crippen molar-refractivity contribution in [2.45, 2.75) is 19.4 Å². The van der Waals surface area contributed by atoms with Crippen molar-refractivity contribution >= 4 is 11.9 Å². The number of benzene rings is 1. The molecule has 0 amide bonds. The minimum absolute atomic E-state index is 0.0108. The van der Waals surface area contributed by atoms with Crippen LogP contribution in [0.4, 0.5) is 0 Å². The van der Waals surface area contributed by atoms with E-state index < -0.39 is 18.0 Å². The van der Waals surface area contributed by atoms with Gasteiger partial charge in [0, 0.05) is 6.42 Å². The number of carboxylic acid groups (broad SMARTS) is 1. The number of rotatable bonds is 6. The zero-order chi connectivity index (χ0) is 14.4. The molecule has 0 aromatic heterocycles. The number of methoxy groups -OCH3 is 1. The smallest absolute Gasteiger partial charge is 0.339 e. The molecule has 1 unspecified atom stereocenters. The quantitative estimate of drug-likeness (QED) is 0.743. The Bertz CT molecular complexity index is 468. The number of aliphatic hydroxyl groups excluding tert-OH is 1. The number of carboxylic acids is 1. The Balaban J connectivity index is 2.88. The number of hydrogen-bond donors (Lipinski definition) is 2. The third kappa shape index (κ3) is 3.96. The van der Waals surface area contributed by atoms with E-state index in [1.807, 2.05) is 0 Å². The average molecular weight is 268 g/mol. The van der Waals surface area contributed by atoms with Gasteiger partial charge < -0.3 is 19.7 Å². The van der Waals surface area contributed by atoms with Gasteiger partial charge in [-0.25, -0.2) is 9.59 Å². The van der Waals surface area contributed by atoms with E-state index in [-0.39, 0.29) is 24.3 Å². The van der Waals surface area contributed by atoms with Crippen molar-refractivity contribution < 1.29 is 29.3 Å². The maximum absolute atomic E-state index is 11.3. The second-order valence-electron chi connectivity index (χ2n) is 3.81. The number of aromatic carboxylic acids is 1. The zero-order valence-electron chi connectivity index (χ0n) is 10.8. The van der Waals surface area contributed by atoms with E-state index in [0.717, 1.165) is 0 Å². The monoisotopic (exact) mass is 268 g/mol. The van der Waals surface area contributed by atoms with Crippen LogP contribution in [-0.2, 0) is 16.0 Å². The highest BCUT2D eigenvalue weighted by Gasteiger charge is 2.18. The van der Waals surface area contributed by atoms with Crippen LogP contribution < -0.4 is 4.74 Å². The van der Waals surface area contributed by atoms with E-state index in [9.17, 15) is 14.7 Å². The third-order valence-electron chi connectivity index (χ3n) is 2.48. The molecular weight excluding hydrogens is 252 g/mol. The molecule has 19 heavy (non-hydrogen) atoms. The van der Waals surface area contributed by atoms with E-state index >= 15 is 0 Å². The predicted octanol–water partition coefficient (Wildman–Crippen LogP) is 0.860. The van der Waals surface area contributed by atoms with Crippen molar-refractivity contribution in [3.05, 3.63) is 29.3 Å². The Kier molecular flexibility index (Phi) is 5.32. The molecule has 0 radical (unpaired) electrons. The Morgan fingerprint density at radius 1 is 1.37 bits per heavy atom. The van der Waals surface area contributed by atoms with E-state index in [2.05, 4.69) is 4.74 Å². The van der Waals surface area contributed by atoms with Crippen LogP contribution in [0.15, 0.2) is 18.2 Å². The lowest BCUT2D eigenvalue weighted by Gasteiger charge is -2.11. The molecule has 0 spiro atoms. The number of carbonyl (C=O) groups is 2. The van der Waals surface area contributed by atoms with Crippen LogP contribution >= 0.6 is 0 Å². The normalized spacial score (nSPS) is 11.7. The van der Waals surface area contributed by atoms with Crippen LogP contribution in [0.2, 0.25) is 0 Å². The maximum Gasteiger partial charge on any atom is 0.339 e. The van der Waals surface area contributed by atoms with Gasteiger partial charge in [0.25, 0.3) is 0 Å². The van der Waals surface area contributed by atoms with E-state index in [1.54, 1.807) is 13.0 Å². The molecule has 1 atom stereocenters. The molecule has 1 aromatic carbocycles. The fourth-order valence-electron chi connectivity index (χ4n) is 1.59. The molecule has 0 saturated heterocycles. The highest BCUT2D eigenvalue weighted by atomic mass is 16.5. The molecule has 0 fully saturated rings. The summed E-state index contributed by atoms with van der Waals surface area (Å²) in [4.78, 5) is 22.3. The number of esters is 1. The van der Waals surface area contributed by atoms with Crippen molar-refractivity contribution in [2.24, 2.45) is 0 Å². The first-order chi connectivity index (χ1) is 8.99. The van der Waals surface area contributed by atoms with Crippen molar-refractivity contribution in [1.82, 2.24) is 0 Å². The van der Waals surface area contributed by atoms with E-state index in [1.165, 1.54) is 19.2 Å². The molecule has 1 aromatic rings. The highest BCUT2D eigenvalue weighted by Crippen LogP contribution is 2.20. The first-order valence-electron chi connectivity index (χ1n) is 5.74. The highest BCUT2D eigenvalue weighted by molar-refractivity contribution is 5.91. The summed E-state index contributed by atoms with van der Waals surface area (Å²) < 4.78 is 9.59. The van der Waals surface area contributed by atoms with E-state index in [4.69, 9.17) is 9.84 Å². The molecule has 0 aliphatic carbocycles. The Hall–Kier alpha value is -2.08. The van der Waals surface area contributed by atoms with Crippen LogP contribution in [-0.4, -0.2) is 42.0 Å². The van der Waals surface area contributed by atoms with Gasteiger partial charge in [0.15, 0.2) is 6.10 Å². The Morgan fingerprint density at radius 3 is 2.58 bits per heavy atom. The number of hydrogen-bond acceptors (Lipinski definition) is 5. The van der Waals surface area contributed by atoms with Crippen LogP contribution in [0.25, 0.3) is 0 Å². The SMILES string of the molecule is CCOC(=O)C(O)Cc1ccc(OC)c(C(=O)O)c1. The fourth-order valence-corrected chi connectivity index (χ4v) is 1.59. The van der Waals surface area contributed by atoms with Gasteiger partial charge in [-0.15, -0.1) is 0 Å². The molecule has 6 heteroatoms. The zero-order valence-corrected chi connectivity index (χ0v) is 10.8. The lowest BCUT2D eigenvalue weighted by molar-refractivity contribution is -0.152. The van der Waals surface area contributed by atoms with Gasteiger partial charge >= 0.3 is 11.9 Å². The standard InChI is InChI=1S/C13H16O6/c1-3-19-13(17)10(14)7-8-4-5-11(18-2)9(6-8)12(15)16/h4-6,10,14H,3,7H2,1-2H3,(H,15,16). The fraction of sp³-hybridized carbons (Fsp3) is 0.385. The molecule has 104 valence electrons. The Morgan fingerprint density at radius 2 is 2.05 bits per heavy atom. The van der Waals surface area contributed by atoms with Gasteiger partial charge in [0.05, 0.1) is 13.7 Å². The second-order valence-corrected chi connectivity index (χ2v) is 3.81. The molecule has 0 heterocycles. The van der Waals surface area contributed by atoms with Crippen molar-refractivity contribution in [3.63, 3.8) is 0 Å². The van der Waals surface area contributed by atoms with Crippen molar-refractivity contribution in [3.8, 4) is 5.75 Å². The molecule has 0 saturated carbocycles. The molecule has 0 bridgehead atoms. The summed E-state index contributed by atoms with van der Waals surface area (Å²) in [6.07, 6.45) is -1.32. The Labute approximate surface area is 110 Å². The molecule has 0 aliphatic rings. The summed E-state index contributed by atoms with van der Waals surface area (Å²) in [5.74, 6) is -1.64. The van der Waals surface area contributed by atoms with Crippen molar-refractivity contribution in [2.75, 3.05) is 13.7 Å². The molecule has 0 aliphatic heterocycles. The van der Waals surface area contributed by atoms with Gasteiger partial charge in [-0.05, 0) is 24.6 Å². The summed E-state index contributed by atoms with van der Waals surface area (Å²) in [5.41, 5.74) is 0.495. The number of carbonyl (C=O) groups excluding carboxylic acids is 1. The largest absolute Gasteiger partial charge is 0.496 e. The van der Waals surface area contributed by atoms with Gasteiger partial charge in [0.1, 0.15) is 11.3 Å². The number of ether oxygens (including phenoxy) is 2. The minimum atomic E-state index is -1.31. The summed E-state index contributed by atoms with van der Waals surface area (Å²) >= 11 is 0. The summed E-state index contributed by atoms with van der Waals surface area (Å²) in [6, 6.07) is 4.44. The molecule has 1 rings (SSSR count). The maximum atomic E-state index is 11.3. The molecule has 2 N–H and O–H groups in total. The third-order valence-corrected chi connectivity index (χ3v) is 2.48. The number of aliphatic hydroxyl groups is 1. The predicted molar refractivity (Wildman–Crippen MR) is 66.3 cm³/mol. The average Bonchev–Trinajstić information content (AvgIpc) is 2.38. The first kappa shape index (κ1) is 15.0. The summed E-state index contributed by atoms with van der Waals surface area (Å²) in [7, 11) is 1.37. The summed E-state index contributed by atoms with van der Waals surface area (Å²) in [5, 5.41) is 18.6. The van der Waals surface area contributed by atoms with Crippen LogP contribution in [0.3, 0.4) is 0 Å². The molecule has 6 nitrogen and oxygen atoms in total. The van der Waals surface area contributed by atoms with Gasteiger partial charge in [-0.3, -0.25) is 0 Å². The second kappa shape index (κ2) is 6.75. The van der Waals surface area contributed by atoms with Gasteiger partial charge in [0.2, 0.25) is 0 Å².